The molecule has 0 fully saturated rings. The molecule has 1 heterocycles. The number of esters is 1. The van der Waals surface area contributed by atoms with Crippen LogP contribution in [0.4, 0.5) is 4.79 Å². The summed E-state index contributed by atoms with van der Waals surface area (Å²) in [6, 6.07) is 6.26. The molecule has 23 heavy (non-hydrogen) atoms. The van der Waals surface area contributed by atoms with Crippen molar-refractivity contribution in [3.8, 4) is 5.75 Å². The Morgan fingerprint density at radius 2 is 2.00 bits per heavy atom. The van der Waals surface area contributed by atoms with Gasteiger partial charge in [-0.25, -0.2) is 9.59 Å². The summed E-state index contributed by atoms with van der Waals surface area (Å²) in [6.07, 6.45) is 3.54. The molecule has 1 aromatic carbocycles. The van der Waals surface area contributed by atoms with Gasteiger partial charge < -0.3 is 20.1 Å². The molecule has 0 unspecified atom stereocenters. The molecule has 0 bridgehead atoms. The Hall–Kier alpha value is -2.76. The van der Waals surface area contributed by atoms with E-state index in [-0.39, 0.29) is 12.6 Å². The average molecular weight is 316 g/mol. The molecule has 0 aromatic heterocycles. The Labute approximate surface area is 135 Å². The quantitative estimate of drug-likeness (QED) is 0.646. The zero-order chi connectivity index (χ0) is 16.8. The van der Waals surface area contributed by atoms with Crippen molar-refractivity contribution in [3.63, 3.8) is 0 Å². The van der Waals surface area contributed by atoms with Gasteiger partial charge in [-0.05, 0) is 31.5 Å². The predicted molar refractivity (Wildman–Crippen MR) is 85.9 cm³/mol. The van der Waals surface area contributed by atoms with Crippen molar-refractivity contribution in [2.24, 2.45) is 0 Å². The summed E-state index contributed by atoms with van der Waals surface area (Å²) in [6.45, 7) is 3.72. The molecule has 2 amide bonds. The molecule has 2 N–H and O–H groups in total. The fourth-order valence-electron chi connectivity index (χ4n) is 2.31. The molecule has 0 spiro atoms. The molecule has 0 aliphatic carbocycles. The van der Waals surface area contributed by atoms with Gasteiger partial charge in [0.2, 0.25) is 0 Å². The minimum Gasteiger partial charge on any atom is -0.497 e. The second-order valence-electron chi connectivity index (χ2n) is 5.01. The van der Waals surface area contributed by atoms with E-state index in [9.17, 15) is 9.59 Å². The number of amides is 2. The summed E-state index contributed by atoms with van der Waals surface area (Å²) in [5.74, 6) is 0.237. The molecule has 1 aliphatic heterocycles. The normalized spacial score (nSPS) is 17.7. The molecule has 1 atom stereocenters. The van der Waals surface area contributed by atoms with Crippen molar-refractivity contribution in [1.29, 1.82) is 0 Å². The molecule has 0 radical (unpaired) electrons. The number of urea groups is 1. The van der Waals surface area contributed by atoms with Gasteiger partial charge in [-0.15, -0.1) is 0 Å². The fraction of sp³-hybridized carbons (Fsp3) is 0.294. The summed E-state index contributed by atoms with van der Waals surface area (Å²) >= 11 is 0. The third-order valence-electron chi connectivity index (χ3n) is 3.48. The van der Waals surface area contributed by atoms with Crippen molar-refractivity contribution >= 4 is 12.0 Å². The van der Waals surface area contributed by atoms with Crippen molar-refractivity contribution in [2.45, 2.75) is 19.9 Å². The summed E-state index contributed by atoms with van der Waals surface area (Å²) in [5, 5.41) is 5.36. The van der Waals surface area contributed by atoms with Gasteiger partial charge in [-0.2, -0.15) is 0 Å². The van der Waals surface area contributed by atoms with E-state index in [0.29, 0.717) is 17.0 Å². The van der Waals surface area contributed by atoms with Gasteiger partial charge in [-0.1, -0.05) is 24.3 Å². The first-order valence-corrected chi connectivity index (χ1v) is 7.27. The summed E-state index contributed by atoms with van der Waals surface area (Å²) < 4.78 is 10.4. The van der Waals surface area contributed by atoms with Gasteiger partial charge in [0.25, 0.3) is 0 Å². The second kappa shape index (κ2) is 7.49. The van der Waals surface area contributed by atoms with E-state index in [0.717, 1.165) is 5.56 Å². The monoisotopic (exact) mass is 316 g/mol. The lowest BCUT2D eigenvalue weighted by Crippen LogP contribution is -2.45. The molecular weight excluding hydrogens is 296 g/mol. The summed E-state index contributed by atoms with van der Waals surface area (Å²) in [7, 11) is 1.58. The lowest BCUT2D eigenvalue weighted by Gasteiger charge is -2.28. The van der Waals surface area contributed by atoms with Crippen LogP contribution in [-0.4, -0.2) is 25.7 Å². The highest BCUT2D eigenvalue weighted by Crippen LogP contribution is 2.28. The molecule has 0 saturated heterocycles. The van der Waals surface area contributed by atoms with Gasteiger partial charge >= 0.3 is 12.0 Å². The van der Waals surface area contributed by atoms with Crippen LogP contribution >= 0.6 is 0 Å². The van der Waals surface area contributed by atoms with Crippen LogP contribution < -0.4 is 15.4 Å². The van der Waals surface area contributed by atoms with Crippen molar-refractivity contribution < 1.29 is 19.1 Å². The maximum Gasteiger partial charge on any atom is 0.338 e. The predicted octanol–water partition coefficient (Wildman–Crippen LogP) is 2.44. The van der Waals surface area contributed by atoms with Crippen LogP contribution in [0.2, 0.25) is 0 Å². The van der Waals surface area contributed by atoms with E-state index in [2.05, 4.69) is 10.6 Å². The standard InChI is InChI=1S/C17H20N2O4/c1-4-5-10-23-16(20)14-11(2)18-17(21)19-15(14)12-6-8-13(22-3)9-7-12/h4-9,15H,10H2,1-3H3,(H2,18,19,21)/b5-4-/t15-/m1/s1. The van der Waals surface area contributed by atoms with Crippen LogP contribution in [0.3, 0.4) is 0 Å². The van der Waals surface area contributed by atoms with E-state index >= 15 is 0 Å². The Bertz CT molecular complexity index is 647. The smallest absolute Gasteiger partial charge is 0.338 e. The molecule has 0 saturated carbocycles. The van der Waals surface area contributed by atoms with Gasteiger partial charge in [-0.3, -0.25) is 0 Å². The van der Waals surface area contributed by atoms with Gasteiger partial charge in [0.15, 0.2) is 0 Å². The van der Waals surface area contributed by atoms with E-state index in [1.54, 1.807) is 38.3 Å². The Morgan fingerprint density at radius 1 is 1.30 bits per heavy atom. The maximum atomic E-state index is 12.4. The number of methoxy groups -OCH3 is 1. The zero-order valence-corrected chi connectivity index (χ0v) is 13.4. The molecule has 1 aliphatic rings. The average Bonchev–Trinajstić information content (AvgIpc) is 2.54. The first kappa shape index (κ1) is 16.6. The first-order valence-electron chi connectivity index (χ1n) is 7.27. The number of ether oxygens (including phenoxy) is 2. The van der Waals surface area contributed by atoms with Gasteiger partial charge in [0.05, 0.1) is 18.7 Å². The summed E-state index contributed by atoms with van der Waals surface area (Å²) in [4.78, 5) is 24.1. The van der Waals surface area contributed by atoms with E-state index in [1.165, 1.54) is 0 Å². The first-order chi connectivity index (χ1) is 11.1. The maximum absolute atomic E-state index is 12.4. The third kappa shape index (κ3) is 3.91. The van der Waals surface area contributed by atoms with Crippen LogP contribution in [0.15, 0.2) is 47.7 Å². The number of carbonyl (C=O) groups excluding carboxylic acids is 2. The lowest BCUT2D eigenvalue weighted by atomic mass is 9.95. The third-order valence-corrected chi connectivity index (χ3v) is 3.48. The highest BCUT2D eigenvalue weighted by molar-refractivity contribution is 5.95. The highest BCUT2D eigenvalue weighted by atomic mass is 16.5. The van der Waals surface area contributed by atoms with Crippen LogP contribution in [0.5, 0.6) is 5.75 Å². The SMILES string of the molecule is C/C=C\COC(=O)C1=C(C)NC(=O)N[C@@H]1c1ccc(OC)cc1. The van der Waals surface area contributed by atoms with Crippen LogP contribution in [0.1, 0.15) is 25.5 Å². The zero-order valence-electron chi connectivity index (χ0n) is 13.4. The highest BCUT2D eigenvalue weighted by Gasteiger charge is 2.32. The molecule has 1 aromatic rings. The number of hydrogen-bond acceptors (Lipinski definition) is 4. The number of benzene rings is 1. The summed E-state index contributed by atoms with van der Waals surface area (Å²) in [5.41, 5.74) is 1.65. The van der Waals surface area contributed by atoms with E-state index in [4.69, 9.17) is 9.47 Å². The van der Waals surface area contributed by atoms with Crippen molar-refractivity contribution in [3.05, 3.63) is 53.3 Å². The van der Waals surface area contributed by atoms with Crippen LogP contribution in [0.25, 0.3) is 0 Å². The largest absolute Gasteiger partial charge is 0.497 e. The van der Waals surface area contributed by atoms with Crippen molar-refractivity contribution in [2.75, 3.05) is 13.7 Å². The minimum atomic E-state index is -0.562. The fourth-order valence-corrected chi connectivity index (χ4v) is 2.31. The lowest BCUT2D eigenvalue weighted by molar-refractivity contribution is -0.138. The van der Waals surface area contributed by atoms with Crippen molar-refractivity contribution in [1.82, 2.24) is 10.6 Å². The second-order valence-corrected chi connectivity index (χ2v) is 5.01. The number of allylic oxidation sites excluding steroid dienone is 2. The van der Waals surface area contributed by atoms with Crippen LogP contribution in [-0.2, 0) is 9.53 Å². The molecule has 122 valence electrons. The number of carbonyl (C=O) groups is 2. The number of nitrogens with one attached hydrogen (secondary N) is 2. The van der Waals surface area contributed by atoms with E-state index < -0.39 is 12.0 Å². The Morgan fingerprint density at radius 3 is 2.61 bits per heavy atom. The molecular formula is C17H20N2O4. The van der Waals surface area contributed by atoms with Gasteiger partial charge in [0, 0.05) is 5.70 Å². The van der Waals surface area contributed by atoms with Gasteiger partial charge in [0.1, 0.15) is 12.4 Å². The Kier molecular flexibility index (Phi) is 5.41. The number of rotatable bonds is 5. The Balaban J connectivity index is 2.31. The van der Waals surface area contributed by atoms with E-state index in [1.807, 2.05) is 19.1 Å². The number of hydrogen-bond donors (Lipinski definition) is 2. The molecule has 2 rings (SSSR count). The van der Waals surface area contributed by atoms with Crippen LogP contribution in [0, 0.1) is 0 Å². The minimum absolute atomic E-state index is 0.190. The molecule has 6 nitrogen and oxygen atoms in total. The topological polar surface area (TPSA) is 76.7 Å². The molecule has 6 heteroatoms.